The molecule has 0 spiro atoms. The topological polar surface area (TPSA) is 51.7 Å². The minimum Gasteiger partial charge on any atom is -0.354 e. The zero-order valence-corrected chi connectivity index (χ0v) is 14.9. The van der Waals surface area contributed by atoms with Crippen molar-refractivity contribution in [2.45, 2.75) is 38.8 Å². The first kappa shape index (κ1) is 17.0. The summed E-state index contributed by atoms with van der Waals surface area (Å²) < 4.78 is 0. The highest BCUT2D eigenvalue weighted by Gasteiger charge is 2.22. The Morgan fingerprint density at radius 1 is 1.21 bits per heavy atom. The number of urea groups is 1. The number of likely N-dealkylation sites (tertiary alicyclic amines) is 1. The molecule has 3 heterocycles. The number of carbonyl (C=O) groups excluding carboxylic acids is 1. The molecule has 0 aromatic carbocycles. The van der Waals surface area contributed by atoms with E-state index in [4.69, 9.17) is 0 Å². The van der Waals surface area contributed by atoms with Gasteiger partial charge in [-0.15, -0.1) is 0 Å². The molecule has 1 N–H and O–H groups in total. The van der Waals surface area contributed by atoms with Crippen LogP contribution in [0.25, 0.3) is 0 Å². The third-order valence-electron chi connectivity index (χ3n) is 5.14. The van der Waals surface area contributed by atoms with E-state index >= 15 is 0 Å². The number of nitrogens with zero attached hydrogens (tertiary/aromatic N) is 4. The summed E-state index contributed by atoms with van der Waals surface area (Å²) in [6, 6.07) is 4.53. The third kappa shape index (κ3) is 4.17. The van der Waals surface area contributed by atoms with Crippen LogP contribution in [-0.2, 0) is 6.54 Å². The van der Waals surface area contributed by atoms with Gasteiger partial charge in [-0.3, -0.25) is 0 Å². The number of hydrogen-bond donors (Lipinski definition) is 1. The fourth-order valence-electron chi connectivity index (χ4n) is 3.42. The Bertz CT molecular complexity index is 539. The van der Waals surface area contributed by atoms with Crippen molar-refractivity contribution in [2.24, 2.45) is 0 Å². The SMILES string of the molecule is CC1CCCCN1C(=O)NCc1ccc(N2CCN(C)CC2)nc1. The summed E-state index contributed by atoms with van der Waals surface area (Å²) in [7, 11) is 2.15. The molecule has 132 valence electrons. The number of hydrogen-bond acceptors (Lipinski definition) is 4. The molecule has 2 aliphatic rings. The summed E-state index contributed by atoms with van der Waals surface area (Å²) in [5, 5.41) is 3.03. The van der Waals surface area contributed by atoms with Gasteiger partial charge >= 0.3 is 6.03 Å². The van der Waals surface area contributed by atoms with Gasteiger partial charge in [0.05, 0.1) is 0 Å². The third-order valence-corrected chi connectivity index (χ3v) is 5.14. The normalized spacial score (nSPS) is 22.5. The average molecular weight is 331 g/mol. The number of anilines is 1. The summed E-state index contributed by atoms with van der Waals surface area (Å²) in [5.74, 6) is 1.03. The lowest BCUT2D eigenvalue weighted by Gasteiger charge is -2.33. The van der Waals surface area contributed by atoms with Crippen LogP contribution in [0.15, 0.2) is 18.3 Å². The van der Waals surface area contributed by atoms with Gasteiger partial charge in [0.15, 0.2) is 0 Å². The molecule has 1 atom stereocenters. The van der Waals surface area contributed by atoms with Crippen molar-refractivity contribution in [1.82, 2.24) is 20.1 Å². The summed E-state index contributed by atoms with van der Waals surface area (Å²) in [5.41, 5.74) is 1.05. The number of piperazine rings is 1. The standard InChI is InChI=1S/C18H29N5O/c1-15-5-3-4-8-23(15)18(24)20-14-16-6-7-17(19-13-16)22-11-9-21(2)10-12-22/h6-7,13,15H,3-5,8-12,14H2,1-2H3,(H,20,24). The Morgan fingerprint density at radius 2 is 2.00 bits per heavy atom. The Kier molecular flexibility index (Phi) is 5.56. The first-order valence-corrected chi connectivity index (χ1v) is 9.06. The van der Waals surface area contributed by atoms with Crippen molar-refractivity contribution in [1.29, 1.82) is 0 Å². The number of nitrogens with one attached hydrogen (secondary N) is 1. The molecule has 0 saturated carbocycles. The summed E-state index contributed by atoms with van der Waals surface area (Å²) in [4.78, 5) is 23.5. The smallest absolute Gasteiger partial charge is 0.317 e. The van der Waals surface area contributed by atoms with Gasteiger partial charge in [0, 0.05) is 51.5 Å². The largest absolute Gasteiger partial charge is 0.354 e. The van der Waals surface area contributed by atoms with Gasteiger partial charge in [0.1, 0.15) is 5.82 Å². The average Bonchev–Trinajstić information content (AvgIpc) is 2.61. The van der Waals surface area contributed by atoms with Crippen molar-refractivity contribution in [2.75, 3.05) is 44.7 Å². The summed E-state index contributed by atoms with van der Waals surface area (Å²) in [6.45, 7) is 7.73. The molecular weight excluding hydrogens is 302 g/mol. The predicted octanol–water partition coefficient (Wildman–Crippen LogP) is 1.92. The minimum atomic E-state index is 0.0466. The van der Waals surface area contributed by atoms with Gasteiger partial charge in [0.25, 0.3) is 0 Å². The van der Waals surface area contributed by atoms with Crippen LogP contribution >= 0.6 is 0 Å². The van der Waals surface area contributed by atoms with Crippen molar-refractivity contribution >= 4 is 11.8 Å². The van der Waals surface area contributed by atoms with Gasteiger partial charge in [0.2, 0.25) is 0 Å². The Balaban J connectivity index is 1.50. The van der Waals surface area contributed by atoms with Crippen LogP contribution in [0.4, 0.5) is 10.6 Å². The van der Waals surface area contributed by atoms with E-state index in [1.54, 1.807) is 0 Å². The second-order valence-corrected chi connectivity index (χ2v) is 7.01. The molecule has 1 aromatic heterocycles. The molecule has 3 rings (SSSR count). The molecule has 6 heteroatoms. The minimum absolute atomic E-state index is 0.0466. The Labute approximate surface area is 144 Å². The number of carbonyl (C=O) groups is 1. The first-order valence-electron chi connectivity index (χ1n) is 9.06. The van der Waals surface area contributed by atoms with E-state index in [-0.39, 0.29) is 6.03 Å². The fourth-order valence-corrected chi connectivity index (χ4v) is 3.42. The van der Waals surface area contributed by atoms with Crippen LogP contribution in [0, 0.1) is 0 Å². The fraction of sp³-hybridized carbons (Fsp3) is 0.667. The monoisotopic (exact) mass is 331 g/mol. The number of pyridine rings is 1. The van der Waals surface area contributed by atoms with Gasteiger partial charge in [-0.2, -0.15) is 0 Å². The van der Waals surface area contributed by atoms with Gasteiger partial charge in [-0.25, -0.2) is 9.78 Å². The highest BCUT2D eigenvalue weighted by Crippen LogP contribution is 2.17. The Morgan fingerprint density at radius 3 is 2.67 bits per heavy atom. The Hall–Kier alpha value is -1.82. The highest BCUT2D eigenvalue weighted by molar-refractivity contribution is 5.74. The van der Waals surface area contributed by atoms with Gasteiger partial charge < -0.3 is 20.0 Å². The molecule has 24 heavy (non-hydrogen) atoms. The summed E-state index contributed by atoms with van der Waals surface area (Å²) >= 11 is 0. The van der Waals surface area contributed by atoms with Crippen LogP contribution in [-0.4, -0.2) is 66.6 Å². The van der Waals surface area contributed by atoms with Crippen LogP contribution in [0.5, 0.6) is 0 Å². The first-order chi connectivity index (χ1) is 11.6. The molecular formula is C18H29N5O. The second kappa shape index (κ2) is 7.83. The number of amides is 2. The highest BCUT2D eigenvalue weighted by atomic mass is 16.2. The maximum atomic E-state index is 12.3. The van der Waals surface area contributed by atoms with E-state index in [0.717, 1.165) is 56.9 Å². The molecule has 0 bridgehead atoms. The lowest BCUT2D eigenvalue weighted by Crippen LogP contribution is -2.47. The van der Waals surface area contributed by atoms with E-state index in [1.807, 2.05) is 11.1 Å². The van der Waals surface area contributed by atoms with Crippen LogP contribution in [0.1, 0.15) is 31.7 Å². The molecule has 0 aliphatic carbocycles. The van der Waals surface area contributed by atoms with E-state index in [9.17, 15) is 4.79 Å². The van der Waals surface area contributed by atoms with Crippen molar-refractivity contribution < 1.29 is 4.79 Å². The number of aromatic nitrogens is 1. The van der Waals surface area contributed by atoms with E-state index in [1.165, 1.54) is 6.42 Å². The number of rotatable bonds is 3. The molecule has 6 nitrogen and oxygen atoms in total. The van der Waals surface area contributed by atoms with Crippen molar-refractivity contribution in [3.63, 3.8) is 0 Å². The number of likely N-dealkylation sites (N-methyl/N-ethyl adjacent to an activating group) is 1. The van der Waals surface area contributed by atoms with E-state index in [2.05, 4.69) is 46.2 Å². The molecule has 2 amide bonds. The van der Waals surface area contributed by atoms with E-state index in [0.29, 0.717) is 12.6 Å². The zero-order valence-electron chi connectivity index (χ0n) is 14.9. The lowest BCUT2D eigenvalue weighted by atomic mass is 10.0. The maximum Gasteiger partial charge on any atom is 0.317 e. The molecule has 2 aliphatic heterocycles. The van der Waals surface area contributed by atoms with Crippen molar-refractivity contribution in [3.05, 3.63) is 23.9 Å². The summed E-state index contributed by atoms with van der Waals surface area (Å²) in [6.07, 6.45) is 5.32. The molecule has 1 aromatic rings. The van der Waals surface area contributed by atoms with Gasteiger partial charge in [-0.1, -0.05) is 6.07 Å². The van der Waals surface area contributed by atoms with Crippen LogP contribution in [0.3, 0.4) is 0 Å². The number of piperidine rings is 1. The maximum absolute atomic E-state index is 12.3. The molecule has 0 radical (unpaired) electrons. The zero-order chi connectivity index (χ0) is 16.9. The predicted molar refractivity (Wildman–Crippen MR) is 96.2 cm³/mol. The lowest BCUT2D eigenvalue weighted by molar-refractivity contribution is 0.158. The molecule has 1 unspecified atom stereocenters. The van der Waals surface area contributed by atoms with Crippen LogP contribution < -0.4 is 10.2 Å². The molecule has 2 saturated heterocycles. The van der Waals surface area contributed by atoms with E-state index < -0.39 is 0 Å². The second-order valence-electron chi connectivity index (χ2n) is 7.01. The quantitative estimate of drug-likeness (QED) is 0.919. The van der Waals surface area contributed by atoms with Crippen molar-refractivity contribution in [3.8, 4) is 0 Å². The van der Waals surface area contributed by atoms with Gasteiger partial charge in [-0.05, 0) is 44.9 Å². The van der Waals surface area contributed by atoms with Crippen LogP contribution in [0.2, 0.25) is 0 Å². The molecule has 2 fully saturated rings.